The summed E-state index contributed by atoms with van der Waals surface area (Å²) in [4.78, 5) is 11.8. The van der Waals surface area contributed by atoms with Gasteiger partial charge in [-0.05, 0) is 67.0 Å². The first-order valence-electron chi connectivity index (χ1n) is 8.25. The van der Waals surface area contributed by atoms with E-state index in [0.717, 1.165) is 37.9 Å². The fraction of sp³-hybridized carbons (Fsp3) is 0.450. The van der Waals surface area contributed by atoms with Crippen molar-refractivity contribution in [1.29, 1.82) is 0 Å². The van der Waals surface area contributed by atoms with E-state index in [2.05, 4.69) is 25.1 Å². The molecule has 3 aliphatic carbocycles. The van der Waals surface area contributed by atoms with E-state index >= 15 is 0 Å². The number of methoxy groups -OCH3 is 1. The molecule has 0 amide bonds. The summed E-state index contributed by atoms with van der Waals surface area (Å²) in [7, 11) is 1.73. The Labute approximate surface area is 131 Å². The molecule has 1 atom stereocenters. The van der Waals surface area contributed by atoms with Gasteiger partial charge in [0.15, 0.2) is 5.78 Å². The van der Waals surface area contributed by atoms with Crippen molar-refractivity contribution in [2.24, 2.45) is 5.41 Å². The lowest BCUT2D eigenvalue weighted by molar-refractivity contribution is -0.115. The van der Waals surface area contributed by atoms with Crippen molar-refractivity contribution in [2.75, 3.05) is 7.11 Å². The van der Waals surface area contributed by atoms with E-state index in [9.17, 15) is 4.79 Å². The molecular weight excluding hydrogens is 272 g/mol. The first-order valence-corrected chi connectivity index (χ1v) is 8.25. The van der Waals surface area contributed by atoms with E-state index in [0.29, 0.717) is 12.2 Å². The number of allylic oxidation sites excluding steroid dienone is 4. The Morgan fingerprint density at radius 3 is 2.77 bits per heavy atom. The van der Waals surface area contributed by atoms with Crippen LogP contribution in [0.3, 0.4) is 0 Å². The van der Waals surface area contributed by atoms with Crippen molar-refractivity contribution in [2.45, 2.75) is 45.4 Å². The van der Waals surface area contributed by atoms with Gasteiger partial charge in [0.25, 0.3) is 0 Å². The molecule has 2 heteroatoms. The van der Waals surface area contributed by atoms with Crippen molar-refractivity contribution in [3.63, 3.8) is 0 Å². The van der Waals surface area contributed by atoms with Gasteiger partial charge >= 0.3 is 0 Å². The summed E-state index contributed by atoms with van der Waals surface area (Å²) in [6.45, 7) is 2.36. The molecule has 0 saturated carbocycles. The molecule has 22 heavy (non-hydrogen) atoms. The second kappa shape index (κ2) is 4.84. The van der Waals surface area contributed by atoms with Crippen LogP contribution in [-0.4, -0.2) is 12.9 Å². The summed E-state index contributed by atoms with van der Waals surface area (Å²) in [5.74, 6) is 1.27. The Kier molecular flexibility index (Phi) is 3.04. The minimum atomic E-state index is 0.124. The Morgan fingerprint density at radius 1 is 1.09 bits per heavy atom. The summed E-state index contributed by atoms with van der Waals surface area (Å²) in [5.41, 5.74) is 7.46. The summed E-state index contributed by atoms with van der Waals surface area (Å²) in [6, 6.07) is 6.50. The van der Waals surface area contributed by atoms with Crippen LogP contribution >= 0.6 is 0 Å². The maximum absolute atomic E-state index is 11.8. The Bertz CT molecular complexity index is 723. The zero-order chi connectivity index (χ0) is 15.3. The monoisotopic (exact) mass is 294 g/mol. The minimum absolute atomic E-state index is 0.124. The van der Waals surface area contributed by atoms with Gasteiger partial charge in [-0.25, -0.2) is 0 Å². The highest BCUT2D eigenvalue weighted by Gasteiger charge is 2.41. The molecule has 0 N–H and O–H groups in total. The van der Waals surface area contributed by atoms with Gasteiger partial charge in [-0.1, -0.05) is 24.1 Å². The molecule has 1 aromatic rings. The summed E-state index contributed by atoms with van der Waals surface area (Å²) in [5, 5.41) is 0. The SMILES string of the molecule is COc1ccc2c(c1)CCC1=C2CCC2=CC(=O)CC[C@]21C. The Morgan fingerprint density at radius 2 is 1.95 bits per heavy atom. The van der Waals surface area contributed by atoms with Gasteiger partial charge in [0, 0.05) is 11.8 Å². The van der Waals surface area contributed by atoms with Crippen molar-refractivity contribution in [1.82, 2.24) is 0 Å². The highest BCUT2D eigenvalue weighted by molar-refractivity contribution is 5.92. The van der Waals surface area contributed by atoms with E-state index in [-0.39, 0.29) is 5.41 Å². The van der Waals surface area contributed by atoms with Crippen molar-refractivity contribution in [3.8, 4) is 5.75 Å². The molecule has 114 valence electrons. The first-order chi connectivity index (χ1) is 10.6. The van der Waals surface area contributed by atoms with Crippen LogP contribution in [0.15, 0.2) is 35.4 Å². The average Bonchev–Trinajstić information content (AvgIpc) is 2.54. The molecule has 0 aliphatic heterocycles. The fourth-order valence-electron chi connectivity index (χ4n) is 4.58. The van der Waals surface area contributed by atoms with E-state index in [4.69, 9.17) is 4.74 Å². The number of hydrogen-bond donors (Lipinski definition) is 0. The van der Waals surface area contributed by atoms with Gasteiger partial charge in [0.1, 0.15) is 5.75 Å². The number of fused-ring (bicyclic) bond motifs is 4. The van der Waals surface area contributed by atoms with Crippen LogP contribution < -0.4 is 4.74 Å². The van der Waals surface area contributed by atoms with Crippen LogP contribution in [0.5, 0.6) is 5.75 Å². The number of benzene rings is 1. The first kappa shape index (κ1) is 13.8. The second-order valence-corrected chi connectivity index (χ2v) is 6.95. The van der Waals surface area contributed by atoms with Crippen LogP contribution in [0.4, 0.5) is 0 Å². The third kappa shape index (κ3) is 1.89. The molecule has 0 radical (unpaired) electrons. The minimum Gasteiger partial charge on any atom is -0.497 e. The number of ether oxygens (including phenoxy) is 1. The molecule has 0 heterocycles. The number of aryl methyl sites for hydroxylation is 1. The molecule has 0 unspecified atom stereocenters. The van der Waals surface area contributed by atoms with E-state index in [1.807, 2.05) is 6.08 Å². The molecule has 2 nitrogen and oxygen atoms in total. The van der Waals surface area contributed by atoms with Crippen LogP contribution in [0.25, 0.3) is 5.57 Å². The zero-order valence-corrected chi connectivity index (χ0v) is 13.4. The highest BCUT2D eigenvalue weighted by atomic mass is 16.5. The van der Waals surface area contributed by atoms with E-state index in [1.165, 1.54) is 22.3 Å². The number of carbonyl (C=O) groups is 1. The molecule has 4 rings (SSSR count). The van der Waals surface area contributed by atoms with Crippen LogP contribution in [0, 0.1) is 5.41 Å². The molecule has 1 aromatic carbocycles. The number of carbonyl (C=O) groups excluding carboxylic acids is 1. The van der Waals surface area contributed by atoms with Gasteiger partial charge in [-0.3, -0.25) is 4.79 Å². The van der Waals surface area contributed by atoms with Gasteiger partial charge in [0.05, 0.1) is 7.11 Å². The third-order valence-electron chi connectivity index (χ3n) is 5.87. The molecular formula is C20H22O2. The number of ketones is 1. The lowest BCUT2D eigenvalue weighted by atomic mass is 9.59. The van der Waals surface area contributed by atoms with Gasteiger partial charge in [-0.2, -0.15) is 0 Å². The predicted molar refractivity (Wildman–Crippen MR) is 87.9 cm³/mol. The number of hydrogen-bond acceptors (Lipinski definition) is 2. The molecule has 0 aromatic heterocycles. The van der Waals surface area contributed by atoms with E-state index in [1.54, 1.807) is 12.7 Å². The van der Waals surface area contributed by atoms with Crippen LogP contribution in [-0.2, 0) is 11.2 Å². The molecule has 3 aliphatic rings. The van der Waals surface area contributed by atoms with Crippen molar-refractivity contribution < 1.29 is 9.53 Å². The van der Waals surface area contributed by atoms with Crippen molar-refractivity contribution >= 4 is 11.4 Å². The lowest BCUT2D eigenvalue weighted by Crippen LogP contribution is -2.32. The van der Waals surface area contributed by atoms with Gasteiger partial charge in [0.2, 0.25) is 0 Å². The third-order valence-corrected chi connectivity index (χ3v) is 5.87. The van der Waals surface area contributed by atoms with Gasteiger partial charge in [-0.15, -0.1) is 0 Å². The standard InChI is InChI=1S/C20H22O2/c1-20-10-9-15(21)12-14(20)4-6-18-17-7-5-16(22-2)11-13(17)3-8-19(18)20/h5,7,11-12H,3-4,6,8-10H2,1-2H3/t20-/m1/s1. The smallest absolute Gasteiger partial charge is 0.155 e. The summed E-state index contributed by atoms with van der Waals surface area (Å²) in [6.07, 6.45) is 7.95. The molecule has 0 fully saturated rings. The second-order valence-electron chi connectivity index (χ2n) is 6.95. The quantitative estimate of drug-likeness (QED) is 0.763. The summed E-state index contributed by atoms with van der Waals surface area (Å²) >= 11 is 0. The maximum Gasteiger partial charge on any atom is 0.155 e. The predicted octanol–water partition coefficient (Wildman–Crippen LogP) is 4.48. The fourth-order valence-corrected chi connectivity index (χ4v) is 4.58. The average molecular weight is 294 g/mol. The topological polar surface area (TPSA) is 26.3 Å². The largest absolute Gasteiger partial charge is 0.497 e. The van der Waals surface area contributed by atoms with Crippen LogP contribution in [0.2, 0.25) is 0 Å². The van der Waals surface area contributed by atoms with Gasteiger partial charge < -0.3 is 4.74 Å². The molecule has 0 saturated heterocycles. The normalized spacial score (nSPS) is 26.8. The Balaban J connectivity index is 1.84. The number of rotatable bonds is 1. The summed E-state index contributed by atoms with van der Waals surface area (Å²) < 4.78 is 5.37. The van der Waals surface area contributed by atoms with E-state index < -0.39 is 0 Å². The zero-order valence-electron chi connectivity index (χ0n) is 13.4. The molecule has 0 bridgehead atoms. The van der Waals surface area contributed by atoms with Crippen LogP contribution in [0.1, 0.15) is 50.2 Å². The lowest BCUT2D eigenvalue weighted by Gasteiger charge is -2.45. The Hall–Kier alpha value is -1.83. The maximum atomic E-state index is 11.8. The van der Waals surface area contributed by atoms with Crippen molar-refractivity contribution in [3.05, 3.63) is 46.5 Å². The highest BCUT2D eigenvalue weighted by Crippen LogP contribution is 2.55. The molecule has 0 spiro atoms.